The number of rotatable bonds is 4. The van der Waals surface area contributed by atoms with Gasteiger partial charge in [-0.1, -0.05) is 78.9 Å². The lowest BCUT2D eigenvalue weighted by Crippen LogP contribution is -2.40. The first-order valence-electron chi connectivity index (χ1n) is 10.9. The average Bonchev–Trinajstić information content (AvgIpc) is 2.85. The standard InChI is InChI=1S/C27H25N3O2/c1-29-26(31)24(17-21-12-7-8-14-23(21)20-10-3-2-4-11-20)25(28-27(29)32)30-16-15-19-9-5-6-13-22(19)18-30/h2-14H,15-18H2,1H3,(H,28,32). The molecule has 4 aromatic rings. The Labute approximate surface area is 186 Å². The third kappa shape index (κ3) is 3.66. The summed E-state index contributed by atoms with van der Waals surface area (Å²) in [6.07, 6.45) is 1.33. The van der Waals surface area contributed by atoms with Crippen molar-refractivity contribution >= 4 is 5.82 Å². The quantitative estimate of drug-likeness (QED) is 0.542. The maximum absolute atomic E-state index is 13.3. The van der Waals surface area contributed by atoms with Crippen molar-refractivity contribution in [3.8, 4) is 11.1 Å². The van der Waals surface area contributed by atoms with Gasteiger partial charge in [0.25, 0.3) is 5.56 Å². The maximum Gasteiger partial charge on any atom is 0.329 e. The third-order valence-corrected chi connectivity index (χ3v) is 6.29. The average molecular weight is 424 g/mol. The Morgan fingerprint density at radius 2 is 1.53 bits per heavy atom. The lowest BCUT2D eigenvalue weighted by Gasteiger charge is -2.31. The minimum Gasteiger partial charge on any atom is -0.353 e. The largest absolute Gasteiger partial charge is 0.353 e. The van der Waals surface area contributed by atoms with Crippen molar-refractivity contribution < 1.29 is 0 Å². The molecule has 1 aliphatic rings. The van der Waals surface area contributed by atoms with Gasteiger partial charge in [0.2, 0.25) is 0 Å². The van der Waals surface area contributed by atoms with E-state index in [4.69, 9.17) is 0 Å². The molecule has 0 bridgehead atoms. The summed E-state index contributed by atoms with van der Waals surface area (Å²) in [4.78, 5) is 30.9. The van der Waals surface area contributed by atoms with Crippen molar-refractivity contribution in [2.24, 2.45) is 7.05 Å². The molecule has 0 saturated carbocycles. The van der Waals surface area contributed by atoms with Crippen molar-refractivity contribution in [2.75, 3.05) is 11.4 Å². The number of fused-ring (bicyclic) bond motifs is 1. The number of nitrogens with one attached hydrogen (secondary N) is 1. The molecule has 0 unspecified atom stereocenters. The first-order valence-corrected chi connectivity index (χ1v) is 10.9. The predicted octanol–water partition coefficient (Wildman–Crippen LogP) is 3.89. The summed E-state index contributed by atoms with van der Waals surface area (Å²) in [6.45, 7) is 1.43. The molecule has 0 radical (unpaired) electrons. The number of nitrogens with zero attached hydrogens (tertiary/aromatic N) is 2. The summed E-state index contributed by atoms with van der Waals surface area (Å²) in [5.41, 5.74) is 5.81. The number of H-pyrrole nitrogens is 1. The van der Waals surface area contributed by atoms with Crippen molar-refractivity contribution in [1.82, 2.24) is 9.55 Å². The van der Waals surface area contributed by atoms with E-state index >= 15 is 0 Å². The smallest absolute Gasteiger partial charge is 0.329 e. The number of hydrogen-bond donors (Lipinski definition) is 1. The van der Waals surface area contributed by atoms with E-state index in [9.17, 15) is 9.59 Å². The molecular formula is C27H25N3O2. The molecule has 3 aromatic carbocycles. The molecule has 5 nitrogen and oxygen atoms in total. The van der Waals surface area contributed by atoms with E-state index in [1.165, 1.54) is 22.7 Å². The number of hydrogen-bond acceptors (Lipinski definition) is 3. The SMILES string of the molecule is Cn1c(=O)[nH]c(N2CCc3ccccc3C2)c(Cc2ccccc2-c2ccccc2)c1=O. The summed E-state index contributed by atoms with van der Waals surface area (Å²) in [7, 11) is 1.53. The molecule has 32 heavy (non-hydrogen) atoms. The van der Waals surface area contributed by atoms with Crippen LogP contribution in [0.3, 0.4) is 0 Å². The molecule has 5 heteroatoms. The fourth-order valence-electron chi connectivity index (χ4n) is 4.54. The van der Waals surface area contributed by atoms with Gasteiger partial charge in [0.05, 0.1) is 5.56 Å². The minimum absolute atomic E-state index is 0.245. The molecule has 2 heterocycles. The van der Waals surface area contributed by atoms with E-state index in [1.807, 2.05) is 36.4 Å². The fraction of sp³-hybridized carbons (Fsp3) is 0.185. The Morgan fingerprint density at radius 3 is 2.34 bits per heavy atom. The van der Waals surface area contributed by atoms with E-state index in [1.54, 1.807) is 0 Å². The van der Waals surface area contributed by atoms with Crippen molar-refractivity contribution in [2.45, 2.75) is 19.4 Å². The molecular weight excluding hydrogens is 398 g/mol. The Balaban J connectivity index is 1.60. The number of anilines is 1. The lowest BCUT2D eigenvalue weighted by molar-refractivity contribution is 0.688. The van der Waals surface area contributed by atoms with Gasteiger partial charge >= 0.3 is 5.69 Å². The first-order chi connectivity index (χ1) is 15.6. The van der Waals surface area contributed by atoms with E-state index in [0.717, 1.165) is 29.7 Å². The highest BCUT2D eigenvalue weighted by Crippen LogP contribution is 2.29. The fourth-order valence-corrected chi connectivity index (χ4v) is 4.54. The lowest BCUT2D eigenvalue weighted by atomic mass is 9.94. The van der Waals surface area contributed by atoms with Gasteiger partial charge in [0, 0.05) is 26.6 Å². The van der Waals surface area contributed by atoms with E-state index in [-0.39, 0.29) is 11.2 Å². The molecule has 1 N–H and O–H groups in total. The highest BCUT2D eigenvalue weighted by atomic mass is 16.2. The number of aromatic nitrogens is 2. The van der Waals surface area contributed by atoms with Crippen LogP contribution >= 0.6 is 0 Å². The topological polar surface area (TPSA) is 58.1 Å². The van der Waals surface area contributed by atoms with Crippen molar-refractivity contribution in [1.29, 1.82) is 0 Å². The second-order valence-electron chi connectivity index (χ2n) is 8.26. The Morgan fingerprint density at radius 1 is 0.844 bits per heavy atom. The predicted molar refractivity (Wildman–Crippen MR) is 128 cm³/mol. The first kappa shape index (κ1) is 20.1. The van der Waals surface area contributed by atoms with E-state index in [2.05, 4.69) is 52.3 Å². The zero-order chi connectivity index (χ0) is 22.1. The maximum atomic E-state index is 13.3. The number of aromatic amines is 1. The summed E-state index contributed by atoms with van der Waals surface area (Å²) in [6, 6.07) is 26.7. The zero-order valence-electron chi connectivity index (χ0n) is 18.0. The van der Waals surface area contributed by atoms with Gasteiger partial charge < -0.3 is 4.90 Å². The van der Waals surface area contributed by atoms with Crippen LogP contribution in [-0.2, 0) is 26.4 Å². The van der Waals surface area contributed by atoms with Gasteiger partial charge in [-0.25, -0.2) is 4.79 Å². The second-order valence-corrected chi connectivity index (χ2v) is 8.26. The molecule has 0 fully saturated rings. The zero-order valence-corrected chi connectivity index (χ0v) is 18.0. The van der Waals surface area contributed by atoms with Crippen LogP contribution < -0.4 is 16.1 Å². The Bertz CT molecular complexity index is 1390. The van der Waals surface area contributed by atoms with Crippen LogP contribution in [-0.4, -0.2) is 16.1 Å². The van der Waals surface area contributed by atoms with Crippen LogP contribution in [0.1, 0.15) is 22.3 Å². The van der Waals surface area contributed by atoms with Crippen LogP contribution in [0.4, 0.5) is 5.82 Å². The molecule has 0 amide bonds. The molecule has 0 saturated heterocycles. The molecule has 1 aromatic heterocycles. The van der Waals surface area contributed by atoms with Gasteiger partial charge in [-0.3, -0.25) is 14.3 Å². The molecule has 1 aliphatic heterocycles. The van der Waals surface area contributed by atoms with Crippen LogP contribution in [0.5, 0.6) is 0 Å². The summed E-state index contributed by atoms with van der Waals surface area (Å²) in [5, 5.41) is 0. The summed E-state index contributed by atoms with van der Waals surface area (Å²) < 4.78 is 1.17. The second kappa shape index (κ2) is 8.35. The molecule has 0 atom stereocenters. The Kier molecular flexibility index (Phi) is 5.23. The molecule has 0 spiro atoms. The molecule has 0 aliphatic carbocycles. The van der Waals surface area contributed by atoms with Gasteiger partial charge in [-0.05, 0) is 34.2 Å². The van der Waals surface area contributed by atoms with Crippen LogP contribution in [0.2, 0.25) is 0 Å². The van der Waals surface area contributed by atoms with Gasteiger partial charge in [-0.15, -0.1) is 0 Å². The van der Waals surface area contributed by atoms with Crippen LogP contribution in [0.15, 0.2) is 88.5 Å². The van der Waals surface area contributed by atoms with Gasteiger partial charge in [0.15, 0.2) is 0 Å². The molecule has 5 rings (SSSR count). The van der Waals surface area contributed by atoms with Crippen LogP contribution in [0, 0.1) is 0 Å². The third-order valence-electron chi connectivity index (χ3n) is 6.29. The van der Waals surface area contributed by atoms with Crippen molar-refractivity contribution in [3.05, 3.63) is 122 Å². The van der Waals surface area contributed by atoms with Crippen LogP contribution in [0.25, 0.3) is 11.1 Å². The number of benzene rings is 3. The highest BCUT2D eigenvalue weighted by molar-refractivity contribution is 5.68. The van der Waals surface area contributed by atoms with Gasteiger partial charge in [0.1, 0.15) is 5.82 Å². The normalized spacial score (nSPS) is 13.1. The Hall–Kier alpha value is -3.86. The monoisotopic (exact) mass is 423 g/mol. The highest BCUT2D eigenvalue weighted by Gasteiger charge is 2.23. The van der Waals surface area contributed by atoms with E-state index < -0.39 is 0 Å². The minimum atomic E-state index is -0.385. The van der Waals surface area contributed by atoms with Gasteiger partial charge in [-0.2, -0.15) is 0 Å². The van der Waals surface area contributed by atoms with Crippen molar-refractivity contribution in [3.63, 3.8) is 0 Å². The summed E-state index contributed by atoms with van der Waals surface area (Å²) >= 11 is 0. The molecule has 160 valence electrons. The summed E-state index contributed by atoms with van der Waals surface area (Å²) in [5.74, 6) is 0.635. The van der Waals surface area contributed by atoms with E-state index in [0.29, 0.717) is 24.3 Å².